The summed E-state index contributed by atoms with van der Waals surface area (Å²) < 4.78 is 9.89. The summed E-state index contributed by atoms with van der Waals surface area (Å²) in [4.78, 5) is 13.8. The van der Waals surface area contributed by atoms with Crippen LogP contribution in [-0.2, 0) is 16.1 Å². The van der Waals surface area contributed by atoms with Gasteiger partial charge in [-0.1, -0.05) is 18.2 Å². The number of ether oxygens (including phenoxy) is 2. The van der Waals surface area contributed by atoms with Gasteiger partial charge in [0.25, 0.3) is 0 Å². The molecular weight excluding hydrogens is 270 g/mol. The molecule has 1 N–H and O–H groups in total. The smallest absolute Gasteiger partial charge is 0.333 e. The maximum Gasteiger partial charge on any atom is 0.333 e. The van der Waals surface area contributed by atoms with Crippen molar-refractivity contribution in [1.82, 2.24) is 4.90 Å². The molecule has 1 heterocycles. The monoisotopic (exact) mass is 291 g/mol. The van der Waals surface area contributed by atoms with Gasteiger partial charge in [-0.25, -0.2) is 4.79 Å². The lowest BCUT2D eigenvalue weighted by Crippen LogP contribution is -2.38. The highest BCUT2D eigenvalue weighted by Gasteiger charge is 2.27. The van der Waals surface area contributed by atoms with E-state index in [1.807, 2.05) is 30.3 Å². The van der Waals surface area contributed by atoms with Crippen LogP contribution in [0.4, 0.5) is 0 Å². The number of aliphatic hydroxyl groups is 1. The number of nitrogens with zero attached hydrogens (tertiary/aromatic N) is 1. The average Bonchev–Trinajstić information content (AvgIpc) is 2.54. The molecule has 1 atom stereocenters. The minimum atomic E-state index is -0.349. The van der Waals surface area contributed by atoms with Crippen LogP contribution in [0.3, 0.4) is 0 Å². The Balaban J connectivity index is 2.02. The minimum absolute atomic E-state index is 0.0555. The van der Waals surface area contributed by atoms with Crippen LogP contribution in [0.25, 0.3) is 0 Å². The van der Waals surface area contributed by atoms with Gasteiger partial charge in [-0.3, -0.25) is 4.90 Å². The van der Waals surface area contributed by atoms with Gasteiger partial charge in [-0.2, -0.15) is 0 Å². The first-order chi connectivity index (χ1) is 10.2. The van der Waals surface area contributed by atoms with Crippen LogP contribution in [0, 0.1) is 5.92 Å². The summed E-state index contributed by atoms with van der Waals surface area (Å²) in [5, 5.41) is 9.47. The Labute approximate surface area is 124 Å². The fourth-order valence-corrected chi connectivity index (χ4v) is 2.52. The van der Waals surface area contributed by atoms with Gasteiger partial charge >= 0.3 is 5.97 Å². The molecule has 0 bridgehead atoms. The molecule has 0 amide bonds. The number of hydrogen-bond donors (Lipinski definition) is 1. The molecule has 0 aliphatic carbocycles. The third-order valence-electron chi connectivity index (χ3n) is 3.69. The molecule has 0 fully saturated rings. The molecule has 0 saturated heterocycles. The number of methoxy groups -OCH3 is 2. The van der Waals surface area contributed by atoms with Gasteiger partial charge in [0.15, 0.2) is 0 Å². The third kappa shape index (κ3) is 3.83. The molecule has 0 radical (unpaired) electrons. The summed E-state index contributed by atoms with van der Waals surface area (Å²) >= 11 is 0. The lowest BCUT2D eigenvalue weighted by Gasteiger charge is -2.31. The molecule has 1 aliphatic heterocycles. The second kappa shape index (κ2) is 7.24. The van der Waals surface area contributed by atoms with Crippen LogP contribution in [0.2, 0.25) is 0 Å². The van der Waals surface area contributed by atoms with Gasteiger partial charge in [0.1, 0.15) is 5.75 Å². The topological polar surface area (TPSA) is 59.0 Å². The van der Waals surface area contributed by atoms with Gasteiger partial charge in [0.2, 0.25) is 0 Å². The molecule has 1 aliphatic rings. The highest BCUT2D eigenvalue weighted by Crippen LogP contribution is 2.21. The Kier molecular flexibility index (Phi) is 5.36. The van der Waals surface area contributed by atoms with Crippen molar-refractivity contribution < 1.29 is 19.4 Å². The number of aliphatic hydroxyl groups excluding tert-OH is 1. The van der Waals surface area contributed by atoms with Crippen molar-refractivity contribution in [3.05, 3.63) is 41.5 Å². The molecule has 21 heavy (non-hydrogen) atoms. The van der Waals surface area contributed by atoms with Gasteiger partial charge in [0, 0.05) is 31.1 Å². The summed E-state index contributed by atoms with van der Waals surface area (Å²) in [6.07, 6.45) is 1.85. The van der Waals surface area contributed by atoms with Crippen LogP contribution < -0.4 is 4.74 Å². The van der Waals surface area contributed by atoms with Gasteiger partial charge in [0.05, 0.1) is 20.8 Å². The van der Waals surface area contributed by atoms with E-state index in [1.54, 1.807) is 7.11 Å². The molecule has 0 spiro atoms. The van der Waals surface area contributed by atoms with E-state index < -0.39 is 0 Å². The molecule has 5 nitrogen and oxygen atoms in total. The van der Waals surface area contributed by atoms with Crippen LogP contribution in [-0.4, -0.2) is 49.9 Å². The fourth-order valence-electron chi connectivity index (χ4n) is 2.52. The number of carbonyl (C=O) groups excluding carboxylic acids is 1. The van der Waals surface area contributed by atoms with Crippen LogP contribution in [0.5, 0.6) is 5.75 Å². The second-order valence-corrected chi connectivity index (χ2v) is 5.07. The minimum Gasteiger partial charge on any atom is -0.497 e. The molecule has 5 heteroatoms. The maximum absolute atomic E-state index is 11.6. The van der Waals surface area contributed by atoms with E-state index in [-0.39, 0.29) is 18.5 Å². The molecule has 0 aromatic heterocycles. The van der Waals surface area contributed by atoms with Crippen LogP contribution in [0.1, 0.15) is 5.56 Å². The maximum atomic E-state index is 11.6. The fraction of sp³-hybridized carbons (Fsp3) is 0.438. The molecule has 1 unspecified atom stereocenters. The lowest BCUT2D eigenvalue weighted by molar-refractivity contribution is -0.137. The lowest BCUT2D eigenvalue weighted by atomic mass is 9.95. The molecule has 1 aromatic carbocycles. The summed E-state index contributed by atoms with van der Waals surface area (Å²) in [5.74, 6) is 0.293. The predicted octanol–water partition coefficient (Wildman–Crippen LogP) is 1.22. The highest BCUT2D eigenvalue weighted by molar-refractivity contribution is 5.89. The number of carbonyl (C=O) groups is 1. The van der Waals surface area contributed by atoms with E-state index in [0.29, 0.717) is 18.7 Å². The van der Waals surface area contributed by atoms with E-state index in [1.165, 1.54) is 12.7 Å². The number of rotatable bonds is 5. The Hall–Kier alpha value is -1.85. The molecule has 114 valence electrons. The van der Waals surface area contributed by atoms with Crippen molar-refractivity contribution >= 4 is 5.97 Å². The first-order valence-corrected chi connectivity index (χ1v) is 6.92. The normalized spacial score (nSPS) is 19.0. The zero-order valence-electron chi connectivity index (χ0n) is 12.4. The molecule has 0 saturated carbocycles. The number of benzene rings is 1. The zero-order valence-corrected chi connectivity index (χ0v) is 12.4. The summed E-state index contributed by atoms with van der Waals surface area (Å²) in [6, 6.07) is 7.90. The van der Waals surface area contributed by atoms with E-state index in [2.05, 4.69) is 4.90 Å². The van der Waals surface area contributed by atoms with Gasteiger partial charge < -0.3 is 14.6 Å². The number of esters is 1. The van der Waals surface area contributed by atoms with Crippen molar-refractivity contribution in [1.29, 1.82) is 0 Å². The first kappa shape index (κ1) is 15.5. The van der Waals surface area contributed by atoms with E-state index >= 15 is 0 Å². The Morgan fingerprint density at radius 3 is 2.62 bits per heavy atom. The summed E-state index contributed by atoms with van der Waals surface area (Å²) in [7, 11) is 3.01. The SMILES string of the molecule is COC(=O)C1=CCN(Cc2ccc(OC)cc2)CC1CO. The highest BCUT2D eigenvalue weighted by atomic mass is 16.5. The van der Waals surface area contributed by atoms with E-state index in [4.69, 9.17) is 9.47 Å². The zero-order chi connectivity index (χ0) is 15.2. The van der Waals surface area contributed by atoms with Crippen LogP contribution in [0.15, 0.2) is 35.9 Å². The number of hydrogen-bond acceptors (Lipinski definition) is 5. The van der Waals surface area contributed by atoms with Gasteiger partial charge in [-0.05, 0) is 17.7 Å². The quantitative estimate of drug-likeness (QED) is 0.827. The predicted molar refractivity (Wildman–Crippen MR) is 78.9 cm³/mol. The summed E-state index contributed by atoms with van der Waals surface area (Å²) in [6.45, 7) is 2.03. The largest absolute Gasteiger partial charge is 0.497 e. The first-order valence-electron chi connectivity index (χ1n) is 6.92. The average molecular weight is 291 g/mol. The molecule has 2 rings (SSSR count). The summed E-state index contributed by atoms with van der Waals surface area (Å²) in [5.41, 5.74) is 1.74. The third-order valence-corrected chi connectivity index (χ3v) is 3.69. The van der Waals surface area contributed by atoms with Crippen LogP contribution >= 0.6 is 0 Å². The molecule has 1 aromatic rings. The second-order valence-electron chi connectivity index (χ2n) is 5.07. The van der Waals surface area contributed by atoms with Crippen molar-refractivity contribution in [2.75, 3.05) is 33.9 Å². The van der Waals surface area contributed by atoms with Gasteiger partial charge in [-0.15, -0.1) is 0 Å². The van der Waals surface area contributed by atoms with E-state index in [0.717, 1.165) is 12.3 Å². The van der Waals surface area contributed by atoms with Crippen molar-refractivity contribution in [3.8, 4) is 5.75 Å². The Morgan fingerprint density at radius 2 is 2.05 bits per heavy atom. The van der Waals surface area contributed by atoms with Crippen molar-refractivity contribution in [3.63, 3.8) is 0 Å². The Morgan fingerprint density at radius 1 is 1.33 bits per heavy atom. The molecular formula is C16H21NO4. The van der Waals surface area contributed by atoms with Crippen molar-refractivity contribution in [2.24, 2.45) is 5.92 Å². The standard InChI is InChI=1S/C16H21NO4/c1-20-14-5-3-12(4-6-14)9-17-8-7-15(16(19)21-2)13(10-17)11-18/h3-7,13,18H,8-11H2,1-2H3. The van der Waals surface area contributed by atoms with E-state index in [9.17, 15) is 9.90 Å². The van der Waals surface area contributed by atoms with Crippen molar-refractivity contribution in [2.45, 2.75) is 6.54 Å². The Bertz CT molecular complexity index is 510.